The van der Waals surface area contributed by atoms with Crippen LogP contribution in [0.5, 0.6) is 11.5 Å². The van der Waals surface area contributed by atoms with Crippen LogP contribution in [0.25, 0.3) is 11.3 Å². The van der Waals surface area contributed by atoms with Gasteiger partial charge in [0.2, 0.25) is 5.95 Å². The molecular weight excluding hydrogens is 509 g/mol. The lowest BCUT2D eigenvalue weighted by atomic mass is 9.92. The second-order valence-electron chi connectivity index (χ2n) is 10.2. The first-order valence-electron chi connectivity index (χ1n) is 13.8. The summed E-state index contributed by atoms with van der Waals surface area (Å²) in [5, 5.41) is 3.46. The van der Waals surface area contributed by atoms with E-state index in [1.165, 1.54) is 66.1 Å². The molecule has 2 N–H and O–H groups in total. The van der Waals surface area contributed by atoms with E-state index in [-0.39, 0.29) is 5.75 Å². The molecule has 4 aromatic rings. The average molecular weight is 542 g/mol. The Hall–Kier alpha value is -3.65. The minimum Gasteiger partial charge on any atom is -0.453 e. The third-order valence-corrected chi connectivity index (χ3v) is 8.37. The zero-order valence-corrected chi connectivity index (χ0v) is 22.6. The summed E-state index contributed by atoms with van der Waals surface area (Å²) in [6.07, 6.45) is 15.7. The van der Waals surface area contributed by atoms with E-state index >= 15 is 4.39 Å². The second-order valence-corrected chi connectivity index (χ2v) is 11.0. The number of anilines is 2. The smallest absolute Gasteiger partial charge is 0.223 e. The van der Waals surface area contributed by atoms with E-state index in [4.69, 9.17) is 9.72 Å². The number of nitrogens with zero attached hydrogens (tertiary/aromatic N) is 3. The summed E-state index contributed by atoms with van der Waals surface area (Å²) >= 11 is 1.53. The van der Waals surface area contributed by atoms with Crippen molar-refractivity contribution in [1.82, 2.24) is 15.0 Å². The van der Waals surface area contributed by atoms with Crippen molar-refractivity contribution in [2.75, 3.05) is 10.0 Å². The maximum absolute atomic E-state index is 15.2. The summed E-state index contributed by atoms with van der Waals surface area (Å²) in [6, 6.07) is 15.3. The van der Waals surface area contributed by atoms with Gasteiger partial charge in [-0.1, -0.05) is 31.4 Å². The number of aryl methyl sites for hydroxylation is 1. The number of hydrogen-bond acceptors (Lipinski definition) is 7. The molecule has 6 rings (SSSR count). The van der Waals surface area contributed by atoms with Gasteiger partial charge in [-0.3, -0.25) is 4.98 Å². The van der Waals surface area contributed by atoms with Crippen LogP contribution in [0, 0.1) is 5.82 Å². The van der Waals surface area contributed by atoms with Gasteiger partial charge in [0.25, 0.3) is 0 Å². The van der Waals surface area contributed by atoms with Gasteiger partial charge >= 0.3 is 0 Å². The number of halogens is 1. The van der Waals surface area contributed by atoms with E-state index in [1.807, 2.05) is 12.1 Å². The van der Waals surface area contributed by atoms with Gasteiger partial charge < -0.3 is 14.8 Å². The molecule has 2 aromatic carbocycles. The van der Waals surface area contributed by atoms with E-state index in [0.29, 0.717) is 34.7 Å². The Labute approximate surface area is 233 Å². The summed E-state index contributed by atoms with van der Waals surface area (Å²) in [5.74, 6) is 0.774. The van der Waals surface area contributed by atoms with Gasteiger partial charge in [0.05, 0.1) is 11.3 Å². The fourth-order valence-electron chi connectivity index (χ4n) is 5.39. The van der Waals surface area contributed by atoms with Gasteiger partial charge in [0, 0.05) is 41.3 Å². The molecule has 39 heavy (non-hydrogen) atoms. The maximum atomic E-state index is 15.2. The molecule has 2 aliphatic rings. The standard InChI is InChI=1S/C31H32FN5OS/c32-26-19-23(37-39-30-12-6-8-21-7-4-5-11-24(21)30)13-14-29(26)38-28-16-17-33-20-25(28)27-15-18-34-31(36-27)35-22-9-2-1-3-10-22/h6,8,12-20,22,37H,1-5,7,9-11H2,(H,34,35,36). The number of fused-ring (bicyclic) bond motifs is 1. The second kappa shape index (κ2) is 12.0. The maximum Gasteiger partial charge on any atom is 0.223 e. The zero-order chi connectivity index (χ0) is 26.4. The molecule has 1 saturated carbocycles. The zero-order valence-electron chi connectivity index (χ0n) is 21.8. The Bertz CT molecular complexity index is 1440. The molecule has 1 fully saturated rings. The van der Waals surface area contributed by atoms with Crippen molar-refractivity contribution in [3.63, 3.8) is 0 Å². The summed E-state index contributed by atoms with van der Waals surface area (Å²) in [4.78, 5) is 14.6. The van der Waals surface area contributed by atoms with Crippen LogP contribution in [0.15, 0.2) is 72.0 Å². The number of nitrogens with one attached hydrogen (secondary N) is 2. The summed E-state index contributed by atoms with van der Waals surface area (Å²) in [7, 11) is 0. The van der Waals surface area contributed by atoms with Gasteiger partial charge in [-0.15, -0.1) is 0 Å². The van der Waals surface area contributed by atoms with Gasteiger partial charge in [0.15, 0.2) is 11.6 Å². The molecule has 2 heterocycles. The highest BCUT2D eigenvalue weighted by atomic mass is 32.2. The predicted octanol–water partition coefficient (Wildman–Crippen LogP) is 8.21. The fraction of sp³-hybridized carbons (Fsp3) is 0.323. The molecule has 8 heteroatoms. The third-order valence-electron chi connectivity index (χ3n) is 7.43. The van der Waals surface area contributed by atoms with Crippen LogP contribution in [0.4, 0.5) is 16.0 Å². The van der Waals surface area contributed by atoms with Gasteiger partial charge in [-0.05, 0) is 91.9 Å². The first-order chi connectivity index (χ1) is 19.2. The van der Waals surface area contributed by atoms with E-state index in [9.17, 15) is 0 Å². The molecule has 0 aliphatic heterocycles. The van der Waals surface area contributed by atoms with Crippen molar-refractivity contribution in [1.29, 1.82) is 0 Å². The molecule has 0 saturated heterocycles. The SMILES string of the molecule is Fc1cc(NSc2cccc3c2CCCC3)ccc1Oc1ccncc1-c1ccnc(NC2CCCCC2)n1. The topological polar surface area (TPSA) is 72.0 Å². The van der Waals surface area contributed by atoms with Crippen molar-refractivity contribution in [3.05, 3.63) is 84.1 Å². The lowest BCUT2D eigenvalue weighted by Crippen LogP contribution is -2.23. The number of hydrogen-bond donors (Lipinski definition) is 2. The van der Waals surface area contributed by atoms with Crippen LogP contribution < -0.4 is 14.8 Å². The highest BCUT2D eigenvalue weighted by Gasteiger charge is 2.17. The van der Waals surface area contributed by atoms with Crippen LogP contribution in [0.2, 0.25) is 0 Å². The van der Waals surface area contributed by atoms with E-state index in [0.717, 1.165) is 25.7 Å². The summed E-state index contributed by atoms with van der Waals surface area (Å²) in [5.41, 5.74) is 4.87. The molecule has 0 atom stereocenters. The van der Waals surface area contributed by atoms with Crippen molar-refractivity contribution >= 4 is 23.6 Å². The number of rotatable bonds is 8. The molecule has 0 radical (unpaired) electrons. The number of ether oxygens (including phenoxy) is 1. The quantitative estimate of drug-likeness (QED) is 0.218. The van der Waals surface area contributed by atoms with Crippen molar-refractivity contribution in [3.8, 4) is 22.8 Å². The molecule has 6 nitrogen and oxygen atoms in total. The van der Waals surface area contributed by atoms with Gasteiger partial charge in [-0.2, -0.15) is 0 Å². The Morgan fingerprint density at radius 1 is 0.897 bits per heavy atom. The van der Waals surface area contributed by atoms with Crippen molar-refractivity contribution in [2.45, 2.75) is 68.7 Å². The molecule has 0 unspecified atom stereocenters. The minimum absolute atomic E-state index is 0.143. The molecule has 2 aromatic heterocycles. The third kappa shape index (κ3) is 6.17. The van der Waals surface area contributed by atoms with Crippen LogP contribution in [0.1, 0.15) is 56.1 Å². The monoisotopic (exact) mass is 541 g/mol. The van der Waals surface area contributed by atoms with Crippen LogP contribution in [-0.2, 0) is 12.8 Å². The molecule has 2 aliphatic carbocycles. The number of benzene rings is 2. The Kier molecular flexibility index (Phi) is 7.90. The van der Waals surface area contributed by atoms with Crippen LogP contribution in [0.3, 0.4) is 0 Å². The molecule has 0 bridgehead atoms. The van der Waals surface area contributed by atoms with Gasteiger partial charge in [-0.25, -0.2) is 14.4 Å². The minimum atomic E-state index is -0.444. The predicted molar refractivity (Wildman–Crippen MR) is 155 cm³/mol. The number of aromatic nitrogens is 3. The Morgan fingerprint density at radius 2 is 1.79 bits per heavy atom. The van der Waals surface area contributed by atoms with Crippen molar-refractivity contribution in [2.24, 2.45) is 0 Å². The van der Waals surface area contributed by atoms with E-state index in [2.05, 4.69) is 38.2 Å². The first-order valence-corrected chi connectivity index (χ1v) is 14.6. The summed E-state index contributed by atoms with van der Waals surface area (Å²) in [6.45, 7) is 0. The average Bonchev–Trinajstić information content (AvgIpc) is 2.98. The van der Waals surface area contributed by atoms with Crippen molar-refractivity contribution < 1.29 is 9.13 Å². The molecular formula is C31H32FN5OS. The Balaban J connectivity index is 1.16. The molecule has 0 spiro atoms. The fourth-order valence-corrected chi connectivity index (χ4v) is 6.25. The first kappa shape index (κ1) is 25.6. The normalized spacial score (nSPS) is 15.4. The molecule has 0 amide bonds. The van der Waals surface area contributed by atoms with E-state index in [1.54, 1.807) is 30.7 Å². The lowest BCUT2D eigenvalue weighted by molar-refractivity contribution is 0.443. The molecule has 200 valence electrons. The van der Waals surface area contributed by atoms with E-state index < -0.39 is 5.82 Å². The van der Waals surface area contributed by atoms with Gasteiger partial charge in [0.1, 0.15) is 5.75 Å². The highest BCUT2D eigenvalue weighted by Crippen LogP contribution is 2.36. The highest BCUT2D eigenvalue weighted by molar-refractivity contribution is 8.00. The largest absolute Gasteiger partial charge is 0.453 e. The number of pyridine rings is 1. The summed E-state index contributed by atoms with van der Waals surface area (Å²) < 4.78 is 24.5. The Morgan fingerprint density at radius 3 is 2.69 bits per heavy atom. The lowest BCUT2D eigenvalue weighted by Gasteiger charge is -2.22. The van der Waals surface area contributed by atoms with Crippen LogP contribution in [-0.4, -0.2) is 21.0 Å². The van der Waals surface area contributed by atoms with Crippen LogP contribution >= 0.6 is 11.9 Å².